The van der Waals surface area contributed by atoms with Gasteiger partial charge < -0.3 is 4.90 Å². The summed E-state index contributed by atoms with van der Waals surface area (Å²) in [4.78, 5) is 18.4. The third kappa shape index (κ3) is 2.85. The number of nitrogens with zero attached hydrogens (tertiary/aromatic N) is 4. The van der Waals surface area contributed by atoms with E-state index < -0.39 is 0 Å². The second kappa shape index (κ2) is 5.73. The lowest BCUT2D eigenvalue weighted by Gasteiger charge is -2.39. The molecule has 100 valence electrons. The Hall–Kier alpha value is -1.04. The highest BCUT2D eigenvalue weighted by atomic mass is 32.2. The van der Waals surface area contributed by atoms with Crippen molar-refractivity contribution >= 4 is 17.7 Å². The van der Waals surface area contributed by atoms with E-state index in [1.165, 1.54) is 24.5 Å². The molecule has 0 radical (unpaired) electrons. The maximum Gasteiger partial charge on any atom is 0.233 e. The molecule has 1 saturated heterocycles. The molecule has 0 unspecified atom stereocenters. The van der Waals surface area contributed by atoms with E-state index in [1.807, 2.05) is 11.9 Å². The van der Waals surface area contributed by atoms with Gasteiger partial charge in [0.05, 0.1) is 5.75 Å². The number of hydrogen-bond donors (Lipinski definition) is 0. The molecule has 5 nitrogen and oxygen atoms in total. The Balaban J connectivity index is 1.93. The number of carbonyl (C=O) groups is 1. The van der Waals surface area contributed by atoms with Crippen LogP contribution in [-0.4, -0.2) is 43.4 Å². The molecule has 1 aromatic heterocycles. The maximum absolute atomic E-state index is 12.3. The molecule has 2 atom stereocenters. The lowest BCUT2D eigenvalue weighted by Crippen LogP contribution is -2.48. The van der Waals surface area contributed by atoms with Gasteiger partial charge in [-0.15, -0.1) is 0 Å². The van der Waals surface area contributed by atoms with Crippen LogP contribution in [0.5, 0.6) is 0 Å². The molecule has 2 heterocycles. The van der Waals surface area contributed by atoms with Crippen molar-refractivity contribution in [1.82, 2.24) is 19.7 Å². The molecule has 0 bridgehead atoms. The van der Waals surface area contributed by atoms with Crippen LogP contribution in [0.15, 0.2) is 11.5 Å². The predicted molar refractivity (Wildman–Crippen MR) is 71.3 cm³/mol. The molecule has 1 aromatic rings. The SMILES string of the molecule is C[C@@H]1CCC[C@@H](C)N1C(=O)CSc1ncnn1C. The van der Waals surface area contributed by atoms with Crippen LogP contribution < -0.4 is 0 Å². The molecule has 1 amide bonds. The highest BCUT2D eigenvalue weighted by Gasteiger charge is 2.28. The first-order chi connectivity index (χ1) is 8.59. The van der Waals surface area contributed by atoms with Crippen LogP contribution >= 0.6 is 11.8 Å². The van der Waals surface area contributed by atoms with Crippen LogP contribution in [0.25, 0.3) is 0 Å². The maximum atomic E-state index is 12.3. The van der Waals surface area contributed by atoms with Crippen molar-refractivity contribution in [3.05, 3.63) is 6.33 Å². The van der Waals surface area contributed by atoms with E-state index in [0.717, 1.165) is 18.0 Å². The average Bonchev–Trinajstić information content (AvgIpc) is 2.72. The molecule has 0 saturated carbocycles. The normalized spacial score (nSPS) is 24.3. The summed E-state index contributed by atoms with van der Waals surface area (Å²) in [6.07, 6.45) is 4.97. The largest absolute Gasteiger partial charge is 0.337 e. The van der Waals surface area contributed by atoms with Gasteiger partial charge in [-0.2, -0.15) is 5.10 Å². The number of likely N-dealkylation sites (tertiary alicyclic amines) is 1. The summed E-state index contributed by atoms with van der Waals surface area (Å²) in [5, 5.41) is 4.79. The van der Waals surface area contributed by atoms with Crippen LogP contribution in [0.1, 0.15) is 33.1 Å². The smallest absolute Gasteiger partial charge is 0.233 e. The van der Waals surface area contributed by atoms with Crippen molar-refractivity contribution in [2.45, 2.75) is 50.4 Å². The first kappa shape index (κ1) is 13.4. The second-order valence-electron chi connectivity index (χ2n) is 4.88. The Kier molecular flexibility index (Phi) is 4.27. The van der Waals surface area contributed by atoms with Gasteiger partial charge in [-0.25, -0.2) is 9.67 Å². The lowest BCUT2D eigenvalue weighted by molar-refractivity contribution is -0.134. The molecule has 1 aliphatic heterocycles. The van der Waals surface area contributed by atoms with E-state index in [2.05, 4.69) is 23.9 Å². The zero-order valence-corrected chi connectivity index (χ0v) is 12.0. The molecular formula is C12H20N4OS. The van der Waals surface area contributed by atoms with E-state index >= 15 is 0 Å². The molecule has 18 heavy (non-hydrogen) atoms. The number of carbonyl (C=O) groups excluding carboxylic acids is 1. The van der Waals surface area contributed by atoms with Gasteiger partial charge in [-0.05, 0) is 33.1 Å². The lowest BCUT2D eigenvalue weighted by atomic mass is 9.98. The van der Waals surface area contributed by atoms with Crippen LogP contribution in [-0.2, 0) is 11.8 Å². The minimum atomic E-state index is 0.211. The highest BCUT2D eigenvalue weighted by Crippen LogP contribution is 2.24. The number of amides is 1. The van der Waals surface area contributed by atoms with E-state index in [9.17, 15) is 4.79 Å². The summed E-state index contributed by atoms with van der Waals surface area (Å²) in [6.45, 7) is 4.28. The quantitative estimate of drug-likeness (QED) is 0.783. The summed E-state index contributed by atoms with van der Waals surface area (Å²) in [6, 6.07) is 0.725. The standard InChI is InChI=1S/C12H20N4OS/c1-9-5-4-6-10(2)16(9)11(17)7-18-12-13-8-14-15(12)3/h8-10H,4-7H2,1-3H3/t9-,10-/m1/s1. The van der Waals surface area contributed by atoms with Gasteiger partial charge in [0.2, 0.25) is 5.91 Å². The van der Waals surface area contributed by atoms with Crippen molar-refractivity contribution in [1.29, 1.82) is 0 Å². The van der Waals surface area contributed by atoms with Crippen LogP contribution in [0.2, 0.25) is 0 Å². The number of hydrogen-bond acceptors (Lipinski definition) is 4. The number of aryl methyl sites for hydroxylation is 1. The Labute approximate surface area is 112 Å². The summed E-state index contributed by atoms with van der Waals surface area (Å²) in [5.74, 6) is 0.656. The molecule has 0 aromatic carbocycles. The van der Waals surface area contributed by atoms with Gasteiger partial charge in [0, 0.05) is 19.1 Å². The van der Waals surface area contributed by atoms with Gasteiger partial charge in [0.1, 0.15) is 6.33 Å². The molecule has 2 rings (SSSR count). The first-order valence-corrected chi connectivity index (χ1v) is 7.36. The predicted octanol–water partition coefficient (Wildman–Crippen LogP) is 1.70. The minimum absolute atomic E-state index is 0.211. The summed E-state index contributed by atoms with van der Waals surface area (Å²) in [5.41, 5.74) is 0. The van der Waals surface area contributed by atoms with Crippen LogP contribution in [0.4, 0.5) is 0 Å². The molecular weight excluding hydrogens is 248 g/mol. The summed E-state index contributed by atoms with van der Waals surface area (Å²) < 4.78 is 1.70. The first-order valence-electron chi connectivity index (χ1n) is 6.37. The summed E-state index contributed by atoms with van der Waals surface area (Å²) >= 11 is 1.46. The van der Waals surface area contributed by atoms with E-state index in [0.29, 0.717) is 17.8 Å². The van der Waals surface area contributed by atoms with Gasteiger partial charge in [-0.3, -0.25) is 4.79 Å². The van der Waals surface area contributed by atoms with Gasteiger partial charge in [0.15, 0.2) is 5.16 Å². The van der Waals surface area contributed by atoms with Gasteiger partial charge >= 0.3 is 0 Å². The number of aromatic nitrogens is 3. The van der Waals surface area contributed by atoms with E-state index in [4.69, 9.17) is 0 Å². The Morgan fingerprint density at radius 1 is 1.44 bits per heavy atom. The molecule has 0 N–H and O–H groups in total. The fourth-order valence-corrected chi connectivity index (χ4v) is 3.29. The number of piperidine rings is 1. The zero-order valence-electron chi connectivity index (χ0n) is 11.2. The van der Waals surface area contributed by atoms with Crippen molar-refractivity contribution in [3.8, 4) is 0 Å². The third-order valence-corrected chi connectivity index (χ3v) is 4.50. The molecule has 6 heteroatoms. The third-order valence-electron chi connectivity index (χ3n) is 3.48. The summed E-state index contributed by atoms with van der Waals surface area (Å²) in [7, 11) is 1.84. The second-order valence-corrected chi connectivity index (χ2v) is 5.83. The van der Waals surface area contributed by atoms with Crippen molar-refractivity contribution in [2.24, 2.45) is 7.05 Å². The number of thioether (sulfide) groups is 1. The minimum Gasteiger partial charge on any atom is -0.337 e. The molecule has 1 fully saturated rings. The number of rotatable bonds is 3. The molecule has 0 aliphatic carbocycles. The van der Waals surface area contributed by atoms with Gasteiger partial charge in [-0.1, -0.05) is 11.8 Å². The molecule has 0 spiro atoms. The van der Waals surface area contributed by atoms with Crippen molar-refractivity contribution < 1.29 is 4.79 Å². The topological polar surface area (TPSA) is 51.0 Å². The van der Waals surface area contributed by atoms with E-state index in [1.54, 1.807) is 4.68 Å². The highest BCUT2D eigenvalue weighted by molar-refractivity contribution is 7.99. The monoisotopic (exact) mass is 268 g/mol. The van der Waals surface area contributed by atoms with Gasteiger partial charge in [0.25, 0.3) is 0 Å². The zero-order chi connectivity index (χ0) is 13.1. The fourth-order valence-electron chi connectivity index (χ4n) is 2.53. The fraction of sp³-hybridized carbons (Fsp3) is 0.750. The van der Waals surface area contributed by atoms with E-state index in [-0.39, 0.29) is 5.91 Å². The Morgan fingerprint density at radius 3 is 2.67 bits per heavy atom. The van der Waals surface area contributed by atoms with Crippen molar-refractivity contribution in [3.63, 3.8) is 0 Å². The Bertz CT molecular complexity index is 410. The van der Waals surface area contributed by atoms with Crippen molar-refractivity contribution in [2.75, 3.05) is 5.75 Å². The Morgan fingerprint density at radius 2 is 2.11 bits per heavy atom. The van der Waals surface area contributed by atoms with Crippen LogP contribution in [0, 0.1) is 0 Å². The molecule has 1 aliphatic rings. The average molecular weight is 268 g/mol. The van der Waals surface area contributed by atoms with Crippen LogP contribution in [0.3, 0.4) is 0 Å².